The lowest BCUT2D eigenvalue weighted by molar-refractivity contribution is 0.368. The molecule has 1 aliphatic heterocycles. The third-order valence-corrected chi connectivity index (χ3v) is 4.57. The zero-order chi connectivity index (χ0) is 18.5. The number of nitrogens with zero attached hydrogens (tertiary/aromatic N) is 4. The van der Waals surface area contributed by atoms with E-state index in [0.29, 0.717) is 18.2 Å². The largest absolute Gasteiger partial charge is 0.506 e. The summed E-state index contributed by atoms with van der Waals surface area (Å²) in [6.07, 6.45) is 0. The summed E-state index contributed by atoms with van der Waals surface area (Å²) in [6.45, 7) is 10.5. The van der Waals surface area contributed by atoms with Crippen molar-refractivity contribution >= 4 is 35.6 Å². The van der Waals surface area contributed by atoms with Crippen LogP contribution >= 0.6 is 24.0 Å². The summed E-state index contributed by atoms with van der Waals surface area (Å²) < 4.78 is 5.62. The smallest absolute Gasteiger partial charge is 0.216 e. The first-order valence-electron chi connectivity index (χ1n) is 9.07. The Balaban J connectivity index is 0.00000261. The summed E-state index contributed by atoms with van der Waals surface area (Å²) in [5, 5.41) is 13.4. The average molecular weight is 485 g/mol. The molecule has 27 heavy (non-hydrogen) atoms. The fraction of sp³-hybridized carbons (Fsp3) is 0.474. The Bertz CT molecular complexity index is 750. The highest BCUT2D eigenvalue weighted by Crippen LogP contribution is 2.27. The zero-order valence-electron chi connectivity index (χ0n) is 16.1. The van der Waals surface area contributed by atoms with Gasteiger partial charge in [0.2, 0.25) is 5.89 Å². The number of aliphatic imine (C=N–C) groups is 1. The summed E-state index contributed by atoms with van der Waals surface area (Å²) in [5.41, 5.74) is 1.80. The van der Waals surface area contributed by atoms with Gasteiger partial charge in [0.1, 0.15) is 18.1 Å². The molecule has 1 saturated heterocycles. The number of phenolic OH excluding ortho intramolecular Hbond substituents is 1. The maximum atomic E-state index is 10.0. The molecule has 0 aliphatic carbocycles. The number of aryl methyl sites for hydroxylation is 2. The van der Waals surface area contributed by atoms with E-state index in [1.165, 1.54) is 0 Å². The lowest BCUT2D eigenvalue weighted by atomic mass is 10.2. The minimum atomic E-state index is 0. The first-order valence-corrected chi connectivity index (χ1v) is 9.07. The van der Waals surface area contributed by atoms with Crippen molar-refractivity contribution in [3.8, 4) is 5.75 Å². The second-order valence-electron chi connectivity index (χ2n) is 6.38. The Labute approximate surface area is 177 Å². The van der Waals surface area contributed by atoms with Gasteiger partial charge in [-0.1, -0.05) is 12.1 Å². The van der Waals surface area contributed by atoms with Crippen LogP contribution in [0.4, 0.5) is 5.69 Å². The Morgan fingerprint density at radius 3 is 2.52 bits per heavy atom. The first kappa shape index (κ1) is 21.3. The molecule has 0 atom stereocenters. The molecular formula is C19H28IN5O2. The molecule has 1 aromatic carbocycles. The monoisotopic (exact) mass is 485 g/mol. The van der Waals surface area contributed by atoms with Crippen molar-refractivity contribution in [3.05, 3.63) is 41.6 Å². The van der Waals surface area contributed by atoms with Gasteiger partial charge in [-0.15, -0.1) is 24.0 Å². The standard InChI is InChI=1S/C19H27N5O2.HI/c1-4-20-19(21-13-18-22-14(2)15(3)26-18)24-11-9-23(10-12-24)16-7-5-6-8-17(16)25;/h5-8,25H,4,9-13H2,1-3H3,(H,20,21);1H. The number of aromatic hydroxyl groups is 1. The molecule has 1 fully saturated rings. The van der Waals surface area contributed by atoms with Crippen LogP contribution in [0.25, 0.3) is 0 Å². The van der Waals surface area contributed by atoms with Gasteiger partial charge in [0, 0.05) is 32.7 Å². The van der Waals surface area contributed by atoms with Gasteiger partial charge in [-0.3, -0.25) is 0 Å². The highest BCUT2D eigenvalue weighted by atomic mass is 127. The molecule has 0 saturated carbocycles. The van der Waals surface area contributed by atoms with Gasteiger partial charge >= 0.3 is 0 Å². The Morgan fingerprint density at radius 2 is 1.93 bits per heavy atom. The molecule has 0 radical (unpaired) electrons. The number of nitrogens with one attached hydrogen (secondary N) is 1. The number of phenols is 1. The van der Waals surface area contributed by atoms with Crippen LogP contribution in [-0.4, -0.2) is 53.7 Å². The van der Waals surface area contributed by atoms with E-state index in [-0.39, 0.29) is 24.0 Å². The van der Waals surface area contributed by atoms with Crippen molar-refractivity contribution in [2.75, 3.05) is 37.6 Å². The van der Waals surface area contributed by atoms with Gasteiger partial charge < -0.3 is 24.6 Å². The van der Waals surface area contributed by atoms with Gasteiger partial charge in [0.05, 0.1) is 11.4 Å². The Kier molecular flexibility index (Phi) is 7.76. The van der Waals surface area contributed by atoms with Crippen LogP contribution in [0.15, 0.2) is 33.7 Å². The number of para-hydroxylation sites is 2. The maximum Gasteiger partial charge on any atom is 0.216 e. The van der Waals surface area contributed by atoms with Crippen LogP contribution in [0.5, 0.6) is 5.75 Å². The van der Waals surface area contributed by atoms with Gasteiger partial charge in [0.15, 0.2) is 5.96 Å². The van der Waals surface area contributed by atoms with E-state index in [1.807, 2.05) is 32.0 Å². The fourth-order valence-corrected chi connectivity index (χ4v) is 3.07. The highest BCUT2D eigenvalue weighted by molar-refractivity contribution is 14.0. The zero-order valence-corrected chi connectivity index (χ0v) is 18.4. The van der Waals surface area contributed by atoms with Crippen LogP contribution in [0, 0.1) is 13.8 Å². The van der Waals surface area contributed by atoms with Crippen LogP contribution in [0.1, 0.15) is 24.3 Å². The number of aromatic nitrogens is 1. The van der Waals surface area contributed by atoms with E-state index in [0.717, 1.165) is 55.8 Å². The van der Waals surface area contributed by atoms with E-state index in [2.05, 4.69) is 32.0 Å². The van der Waals surface area contributed by atoms with E-state index in [1.54, 1.807) is 6.07 Å². The highest BCUT2D eigenvalue weighted by Gasteiger charge is 2.21. The molecular weight excluding hydrogens is 457 g/mol. The number of benzene rings is 1. The fourth-order valence-electron chi connectivity index (χ4n) is 3.07. The normalized spacial score (nSPS) is 14.9. The number of anilines is 1. The molecule has 2 aromatic rings. The van der Waals surface area contributed by atoms with Crippen molar-refractivity contribution in [1.82, 2.24) is 15.2 Å². The van der Waals surface area contributed by atoms with E-state index in [9.17, 15) is 5.11 Å². The molecule has 0 amide bonds. The molecule has 3 rings (SSSR count). The number of hydrogen-bond acceptors (Lipinski definition) is 5. The van der Waals surface area contributed by atoms with Crippen molar-refractivity contribution in [2.24, 2.45) is 4.99 Å². The third-order valence-electron chi connectivity index (χ3n) is 4.57. The van der Waals surface area contributed by atoms with Crippen molar-refractivity contribution in [1.29, 1.82) is 0 Å². The van der Waals surface area contributed by atoms with E-state index < -0.39 is 0 Å². The summed E-state index contributed by atoms with van der Waals surface area (Å²) in [4.78, 5) is 13.5. The van der Waals surface area contributed by atoms with Gasteiger partial charge in [-0.05, 0) is 32.9 Å². The lowest BCUT2D eigenvalue weighted by Crippen LogP contribution is -2.52. The number of piperazine rings is 1. The Morgan fingerprint density at radius 1 is 1.22 bits per heavy atom. The van der Waals surface area contributed by atoms with Crippen molar-refractivity contribution < 1.29 is 9.52 Å². The second-order valence-corrected chi connectivity index (χ2v) is 6.38. The quantitative estimate of drug-likeness (QED) is 0.394. The van der Waals surface area contributed by atoms with E-state index >= 15 is 0 Å². The molecule has 0 bridgehead atoms. The SMILES string of the molecule is CCNC(=NCc1nc(C)c(C)o1)N1CCN(c2ccccc2O)CC1.I. The lowest BCUT2D eigenvalue weighted by Gasteiger charge is -2.37. The van der Waals surface area contributed by atoms with E-state index in [4.69, 9.17) is 4.42 Å². The van der Waals surface area contributed by atoms with Gasteiger partial charge in [-0.2, -0.15) is 0 Å². The Hall–Kier alpha value is -1.97. The summed E-state index contributed by atoms with van der Waals surface area (Å²) >= 11 is 0. The first-order chi connectivity index (χ1) is 12.6. The molecule has 1 aliphatic rings. The summed E-state index contributed by atoms with van der Waals surface area (Å²) in [6, 6.07) is 7.48. The van der Waals surface area contributed by atoms with Gasteiger partial charge in [-0.25, -0.2) is 9.98 Å². The topological polar surface area (TPSA) is 77.1 Å². The molecule has 2 N–H and O–H groups in total. The number of halogens is 1. The van der Waals surface area contributed by atoms with Crippen molar-refractivity contribution in [3.63, 3.8) is 0 Å². The molecule has 1 aromatic heterocycles. The van der Waals surface area contributed by atoms with Crippen LogP contribution in [0.3, 0.4) is 0 Å². The maximum absolute atomic E-state index is 10.0. The molecule has 8 heteroatoms. The minimum absolute atomic E-state index is 0. The number of rotatable bonds is 4. The number of guanidine groups is 1. The predicted molar refractivity (Wildman–Crippen MR) is 118 cm³/mol. The average Bonchev–Trinajstić information content (AvgIpc) is 2.97. The van der Waals surface area contributed by atoms with Crippen LogP contribution in [0.2, 0.25) is 0 Å². The van der Waals surface area contributed by atoms with Crippen LogP contribution in [-0.2, 0) is 6.54 Å². The van der Waals surface area contributed by atoms with Crippen molar-refractivity contribution in [2.45, 2.75) is 27.3 Å². The second kappa shape index (κ2) is 9.82. The van der Waals surface area contributed by atoms with Gasteiger partial charge in [0.25, 0.3) is 0 Å². The summed E-state index contributed by atoms with van der Waals surface area (Å²) in [7, 11) is 0. The van der Waals surface area contributed by atoms with Crippen LogP contribution < -0.4 is 10.2 Å². The molecule has 0 unspecified atom stereocenters. The molecule has 0 spiro atoms. The molecule has 7 nitrogen and oxygen atoms in total. The third kappa shape index (κ3) is 5.27. The number of hydrogen-bond donors (Lipinski definition) is 2. The number of oxazole rings is 1. The summed E-state index contributed by atoms with van der Waals surface area (Å²) in [5.74, 6) is 2.69. The molecule has 148 valence electrons. The molecule has 2 heterocycles. The minimum Gasteiger partial charge on any atom is -0.506 e. The predicted octanol–water partition coefficient (Wildman–Crippen LogP) is 2.90.